The predicted octanol–water partition coefficient (Wildman–Crippen LogP) is 2.43. The number of anilines is 1. The summed E-state index contributed by atoms with van der Waals surface area (Å²) in [6.45, 7) is 0.584. The molecule has 2 aromatic rings. The van der Waals surface area contributed by atoms with Gasteiger partial charge < -0.3 is 4.90 Å². The van der Waals surface area contributed by atoms with Gasteiger partial charge in [0, 0.05) is 37.2 Å². The first-order valence-corrected chi connectivity index (χ1v) is 11.5. The summed E-state index contributed by atoms with van der Waals surface area (Å²) in [6, 6.07) is 6.15. The molecule has 1 aromatic heterocycles. The molecule has 3 heterocycles. The number of quaternary nitrogens is 1. The first-order valence-electron chi connectivity index (χ1n) is 11.5. The third-order valence-corrected chi connectivity index (χ3v) is 7.49. The number of nitrogens with two attached hydrogens (primary N) is 1. The highest BCUT2D eigenvalue weighted by molar-refractivity contribution is 5.91. The van der Waals surface area contributed by atoms with Gasteiger partial charge in [0.25, 0.3) is 0 Å². The fourth-order valence-electron chi connectivity index (χ4n) is 5.49. The molecule has 1 aromatic carbocycles. The largest absolute Gasteiger partial charge is 0.417 e. The minimum absolute atomic E-state index is 0.0225. The third-order valence-electron chi connectivity index (χ3n) is 7.49. The number of pyridine rings is 1. The summed E-state index contributed by atoms with van der Waals surface area (Å²) in [4.78, 5) is 21.7. The van der Waals surface area contributed by atoms with Crippen LogP contribution in [0.4, 0.5) is 33.5 Å². The molecule has 2 saturated heterocycles. The summed E-state index contributed by atoms with van der Waals surface area (Å²) in [5.74, 6) is 4.16. The molecular weight excluding hydrogens is 485 g/mol. The number of halogens is 5. The standard InChI is InChI=1S/C23H22F5N7O/c24-17-9-14(1-5-18(17)31-13-32-33-29)21(36)35(16-3-4-16)12-22(35)7-8-34(11-19(22)25)20-6-2-15(10-30-20)23(26,27)28/h1-2,5-6,9-10,13,16,19H,3-4,7-8,11-12H2,(H-,29,31,32,36)/p+2/t19-,22+,35?/m0/s1. The Morgan fingerprint density at radius 1 is 1.28 bits per heavy atom. The minimum Gasteiger partial charge on any atom is -0.353 e. The average molecular weight is 509 g/mol. The van der Waals surface area contributed by atoms with Gasteiger partial charge in [0.05, 0.1) is 28.8 Å². The van der Waals surface area contributed by atoms with Crippen molar-refractivity contribution in [3.05, 3.63) is 53.5 Å². The molecule has 3 aliphatic rings. The van der Waals surface area contributed by atoms with Crippen molar-refractivity contribution in [3.63, 3.8) is 0 Å². The van der Waals surface area contributed by atoms with Gasteiger partial charge in [0.2, 0.25) is 0 Å². The molecule has 13 heteroatoms. The highest BCUT2D eigenvalue weighted by Crippen LogP contribution is 2.59. The Hall–Kier alpha value is -3.48. The first kappa shape index (κ1) is 24.2. The van der Waals surface area contributed by atoms with E-state index in [0.717, 1.165) is 37.5 Å². The number of carbonyl (C=O) groups is 1. The van der Waals surface area contributed by atoms with Gasteiger partial charge in [-0.1, -0.05) is 0 Å². The highest BCUT2D eigenvalue weighted by Gasteiger charge is 2.82. The Morgan fingerprint density at radius 3 is 2.64 bits per heavy atom. The van der Waals surface area contributed by atoms with Crippen LogP contribution >= 0.6 is 0 Å². The Kier molecular flexibility index (Phi) is 5.77. The van der Waals surface area contributed by atoms with E-state index in [-0.39, 0.29) is 40.0 Å². The molecule has 1 aliphatic carbocycles. The Balaban J connectivity index is 1.35. The number of benzene rings is 1. The van der Waals surface area contributed by atoms with Crippen molar-refractivity contribution in [1.29, 1.82) is 0 Å². The van der Waals surface area contributed by atoms with Gasteiger partial charge in [-0.25, -0.2) is 28.0 Å². The van der Waals surface area contributed by atoms with E-state index < -0.39 is 29.3 Å². The molecule has 1 spiro atoms. The molecule has 1 amide bonds. The monoisotopic (exact) mass is 509 g/mol. The zero-order chi connectivity index (χ0) is 25.7. The van der Waals surface area contributed by atoms with Crippen molar-refractivity contribution >= 4 is 23.8 Å². The molecule has 3 N–H and O–H groups in total. The quantitative estimate of drug-likeness (QED) is 0.0946. The summed E-state index contributed by atoms with van der Waals surface area (Å²) in [5, 5.41) is 6.41. The van der Waals surface area contributed by atoms with Crippen LogP contribution in [0, 0.1) is 5.82 Å². The van der Waals surface area contributed by atoms with Crippen molar-refractivity contribution < 1.29 is 36.2 Å². The van der Waals surface area contributed by atoms with E-state index in [1.165, 1.54) is 18.2 Å². The lowest BCUT2D eigenvalue weighted by Gasteiger charge is -2.36. The second-order valence-electron chi connectivity index (χ2n) is 9.43. The molecule has 2 aliphatic heterocycles. The van der Waals surface area contributed by atoms with E-state index in [9.17, 15) is 22.4 Å². The number of nitrogens with one attached hydrogen (secondary N) is 1. The van der Waals surface area contributed by atoms with E-state index in [4.69, 9.17) is 5.84 Å². The van der Waals surface area contributed by atoms with Crippen molar-refractivity contribution in [3.8, 4) is 0 Å². The van der Waals surface area contributed by atoms with Crippen molar-refractivity contribution in [2.45, 2.75) is 43.2 Å². The Labute approximate surface area is 202 Å². The molecular formula is C23H24F5N7O+2. The number of rotatable bonds is 5. The smallest absolute Gasteiger partial charge is 0.353 e. The summed E-state index contributed by atoms with van der Waals surface area (Å²) < 4.78 is 68.9. The van der Waals surface area contributed by atoms with Gasteiger partial charge in [-0.2, -0.15) is 13.2 Å². The Bertz CT molecular complexity index is 1230. The van der Waals surface area contributed by atoms with Crippen molar-refractivity contribution in [2.75, 3.05) is 24.5 Å². The van der Waals surface area contributed by atoms with Crippen LogP contribution in [-0.2, 0) is 6.18 Å². The number of amides is 1. The lowest BCUT2D eigenvalue weighted by atomic mass is 9.93. The van der Waals surface area contributed by atoms with E-state index >= 15 is 4.39 Å². The zero-order valence-electron chi connectivity index (χ0n) is 19.1. The van der Waals surface area contributed by atoms with Gasteiger partial charge in [-0.05, 0) is 30.3 Å². The Morgan fingerprint density at radius 2 is 2.06 bits per heavy atom. The van der Waals surface area contributed by atoms with Crippen LogP contribution in [0.5, 0.6) is 0 Å². The molecule has 1 unspecified atom stereocenters. The van der Waals surface area contributed by atoms with E-state index in [2.05, 4.69) is 20.3 Å². The number of nitrogens with zero attached hydrogens (tertiary/aromatic N) is 5. The lowest BCUT2D eigenvalue weighted by Crippen LogP contribution is -2.61. The number of hydrogen-bond acceptors (Lipinski definition) is 4. The minimum atomic E-state index is -4.50. The molecule has 8 nitrogen and oxygen atoms in total. The number of piperidine rings is 1. The first-order chi connectivity index (χ1) is 17.1. The maximum absolute atomic E-state index is 15.8. The highest BCUT2D eigenvalue weighted by atomic mass is 19.4. The van der Waals surface area contributed by atoms with Crippen LogP contribution < -0.4 is 15.7 Å². The van der Waals surface area contributed by atoms with Crippen molar-refractivity contribution in [1.82, 2.24) is 4.98 Å². The van der Waals surface area contributed by atoms with Crippen LogP contribution in [0.1, 0.15) is 35.2 Å². The fraction of sp³-hybridized carbons (Fsp3) is 0.435. The number of aromatic nitrogens is 1. The van der Waals surface area contributed by atoms with Crippen LogP contribution in [0.2, 0.25) is 0 Å². The second kappa shape index (κ2) is 8.57. The molecule has 36 heavy (non-hydrogen) atoms. The van der Waals surface area contributed by atoms with Crippen molar-refractivity contribution in [2.24, 2.45) is 16.2 Å². The molecule has 0 radical (unpaired) electrons. The summed E-state index contributed by atoms with van der Waals surface area (Å²) in [6.07, 6.45) is -2.16. The summed E-state index contributed by atoms with van der Waals surface area (Å²) >= 11 is 0. The topological polar surface area (TPSA) is 97.9 Å². The average Bonchev–Trinajstić information content (AvgIpc) is 3.76. The fourth-order valence-corrected chi connectivity index (χ4v) is 5.49. The molecule has 0 bridgehead atoms. The number of alkyl halides is 4. The summed E-state index contributed by atoms with van der Waals surface area (Å²) in [5.41, 5.74) is -1.56. The molecule has 3 atom stereocenters. The van der Waals surface area contributed by atoms with Crippen LogP contribution in [0.3, 0.4) is 0 Å². The SMILES string of the molecule is NN=NC=[NH+]c1ccc(C(=O)[N+]2(C3CC3)C[C@@]23CCN(c2ccc(C(F)(F)F)cn2)C[C@@H]3F)cc1F. The van der Waals surface area contributed by atoms with Gasteiger partial charge in [-0.15, -0.1) is 0 Å². The number of carbonyl (C=O) groups excluding carboxylic acids is 1. The predicted molar refractivity (Wildman–Crippen MR) is 118 cm³/mol. The van der Waals surface area contributed by atoms with Crippen LogP contribution in [0.15, 0.2) is 46.9 Å². The lowest BCUT2D eigenvalue weighted by molar-refractivity contribution is -0.760. The molecule has 190 valence electrons. The van der Waals surface area contributed by atoms with Gasteiger partial charge >= 0.3 is 18.4 Å². The van der Waals surface area contributed by atoms with E-state index in [1.807, 2.05) is 0 Å². The van der Waals surface area contributed by atoms with Gasteiger partial charge in [-0.3, -0.25) is 5.84 Å². The zero-order valence-corrected chi connectivity index (χ0v) is 19.1. The maximum Gasteiger partial charge on any atom is 0.417 e. The second-order valence-corrected chi connectivity index (χ2v) is 9.43. The maximum atomic E-state index is 15.8. The van der Waals surface area contributed by atoms with Gasteiger partial charge in [0.15, 0.2) is 23.2 Å². The molecule has 1 saturated carbocycles. The van der Waals surface area contributed by atoms with E-state index in [1.54, 1.807) is 4.90 Å². The third kappa shape index (κ3) is 3.91. The summed E-state index contributed by atoms with van der Waals surface area (Å²) in [7, 11) is 0. The van der Waals surface area contributed by atoms with E-state index in [0.29, 0.717) is 19.5 Å². The van der Waals surface area contributed by atoms with Gasteiger partial charge in [0.1, 0.15) is 12.4 Å². The normalized spacial score (nSPS) is 28.4. The van der Waals surface area contributed by atoms with Crippen LogP contribution in [0.25, 0.3) is 0 Å². The molecule has 3 fully saturated rings. The molecule has 5 rings (SSSR count). The number of hydrogen-bond donors (Lipinski definition) is 2. The van der Waals surface area contributed by atoms with Crippen LogP contribution in [-0.4, -0.2) is 59.1 Å².